The van der Waals surface area contributed by atoms with Crippen molar-refractivity contribution in [3.05, 3.63) is 58.1 Å². The molecular formula is C21H23Cl2N3O2. The predicted octanol–water partition coefficient (Wildman–Crippen LogP) is 4.60. The molecule has 1 fully saturated rings. The zero-order valence-corrected chi connectivity index (χ0v) is 17.2. The van der Waals surface area contributed by atoms with Gasteiger partial charge in [0.2, 0.25) is 11.8 Å². The number of nitrogens with zero attached hydrogens (tertiary/aromatic N) is 1. The first-order chi connectivity index (χ1) is 13.5. The van der Waals surface area contributed by atoms with Gasteiger partial charge in [-0.3, -0.25) is 14.5 Å². The van der Waals surface area contributed by atoms with Gasteiger partial charge in [0.15, 0.2) is 0 Å². The van der Waals surface area contributed by atoms with Gasteiger partial charge >= 0.3 is 0 Å². The van der Waals surface area contributed by atoms with E-state index in [9.17, 15) is 9.59 Å². The Bertz CT molecular complexity index is 855. The minimum absolute atomic E-state index is 0.135. The van der Waals surface area contributed by atoms with Crippen molar-refractivity contribution in [2.45, 2.75) is 32.2 Å². The average molecular weight is 420 g/mol. The van der Waals surface area contributed by atoms with Crippen molar-refractivity contribution >= 4 is 46.4 Å². The molecule has 0 aromatic heterocycles. The zero-order chi connectivity index (χ0) is 20.1. The number of anilines is 2. The van der Waals surface area contributed by atoms with Crippen molar-refractivity contribution in [1.29, 1.82) is 0 Å². The molecular weight excluding hydrogens is 397 g/mol. The monoisotopic (exact) mass is 419 g/mol. The van der Waals surface area contributed by atoms with E-state index >= 15 is 0 Å². The van der Waals surface area contributed by atoms with Gasteiger partial charge in [-0.25, -0.2) is 0 Å². The lowest BCUT2D eigenvalue weighted by molar-refractivity contribution is -0.122. The maximum atomic E-state index is 12.7. The number of carbonyl (C=O) groups is 2. The third-order valence-electron chi connectivity index (χ3n) is 4.85. The fraction of sp³-hybridized carbons (Fsp3) is 0.333. The van der Waals surface area contributed by atoms with Gasteiger partial charge in [-0.1, -0.05) is 42.3 Å². The molecule has 0 bridgehead atoms. The van der Waals surface area contributed by atoms with Gasteiger partial charge in [-0.05, 0) is 61.7 Å². The van der Waals surface area contributed by atoms with E-state index in [1.165, 1.54) is 5.56 Å². The number of halogens is 2. The number of hydrogen-bond acceptors (Lipinski definition) is 3. The van der Waals surface area contributed by atoms with Crippen LogP contribution in [0.3, 0.4) is 0 Å². The van der Waals surface area contributed by atoms with Gasteiger partial charge in [0.1, 0.15) is 0 Å². The van der Waals surface area contributed by atoms with Gasteiger partial charge in [-0.2, -0.15) is 0 Å². The molecule has 0 saturated carbocycles. The standard InChI is InChI=1S/C21H23Cl2N3O2/c1-2-14-5-8-16(9-6-14)24-20(27)13-26-11-3-4-19(26)21(28)25-18-12-15(22)7-10-17(18)23/h5-10,12,19H,2-4,11,13H2,1H3,(H,24,27)(H,25,28). The molecule has 1 aliphatic heterocycles. The Hall–Kier alpha value is -2.08. The molecule has 28 heavy (non-hydrogen) atoms. The summed E-state index contributed by atoms with van der Waals surface area (Å²) >= 11 is 12.1. The maximum absolute atomic E-state index is 12.7. The van der Waals surface area contributed by atoms with Crippen molar-refractivity contribution in [3.63, 3.8) is 0 Å². The Kier molecular flexibility index (Phi) is 6.94. The normalized spacial score (nSPS) is 16.8. The van der Waals surface area contributed by atoms with Gasteiger partial charge in [0.25, 0.3) is 0 Å². The van der Waals surface area contributed by atoms with E-state index in [1.807, 2.05) is 29.2 Å². The lowest BCUT2D eigenvalue weighted by Gasteiger charge is -2.23. The molecule has 1 heterocycles. The van der Waals surface area contributed by atoms with E-state index in [2.05, 4.69) is 17.6 Å². The SMILES string of the molecule is CCc1ccc(NC(=O)CN2CCCC2C(=O)Nc2cc(Cl)ccc2Cl)cc1. The van der Waals surface area contributed by atoms with Crippen molar-refractivity contribution in [3.8, 4) is 0 Å². The lowest BCUT2D eigenvalue weighted by Crippen LogP contribution is -2.43. The van der Waals surface area contributed by atoms with Gasteiger partial charge in [0, 0.05) is 10.7 Å². The van der Waals surface area contributed by atoms with Crippen LogP contribution in [-0.2, 0) is 16.0 Å². The summed E-state index contributed by atoms with van der Waals surface area (Å²) in [5, 5.41) is 6.65. The van der Waals surface area contributed by atoms with Gasteiger partial charge in [0.05, 0.1) is 23.3 Å². The largest absolute Gasteiger partial charge is 0.325 e. The minimum Gasteiger partial charge on any atom is -0.325 e. The summed E-state index contributed by atoms with van der Waals surface area (Å²) in [4.78, 5) is 27.0. The highest BCUT2D eigenvalue weighted by molar-refractivity contribution is 6.35. The van der Waals surface area contributed by atoms with Crippen molar-refractivity contribution < 1.29 is 9.59 Å². The predicted molar refractivity (Wildman–Crippen MR) is 114 cm³/mol. The van der Waals surface area contributed by atoms with Crippen LogP contribution in [0.5, 0.6) is 0 Å². The Balaban J connectivity index is 1.59. The highest BCUT2D eigenvalue weighted by Gasteiger charge is 2.32. The number of nitrogens with one attached hydrogen (secondary N) is 2. The van der Waals surface area contributed by atoms with Gasteiger partial charge in [-0.15, -0.1) is 0 Å². The van der Waals surface area contributed by atoms with Crippen LogP contribution in [0.15, 0.2) is 42.5 Å². The van der Waals surface area contributed by atoms with Crippen LogP contribution in [0.1, 0.15) is 25.3 Å². The third-order valence-corrected chi connectivity index (χ3v) is 5.41. The summed E-state index contributed by atoms with van der Waals surface area (Å²) < 4.78 is 0. The summed E-state index contributed by atoms with van der Waals surface area (Å²) in [5.74, 6) is -0.313. The van der Waals surface area contributed by atoms with Crippen LogP contribution in [0.4, 0.5) is 11.4 Å². The fourth-order valence-corrected chi connectivity index (χ4v) is 3.67. The van der Waals surface area contributed by atoms with Crippen LogP contribution in [-0.4, -0.2) is 35.8 Å². The van der Waals surface area contributed by atoms with Crippen LogP contribution in [0.2, 0.25) is 10.0 Å². The molecule has 1 unspecified atom stereocenters. The zero-order valence-electron chi connectivity index (χ0n) is 15.7. The summed E-state index contributed by atoms with van der Waals surface area (Å²) in [5.41, 5.74) is 2.45. The Morgan fingerprint density at radius 2 is 1.86 bits per heavy atom. The molecule has 2 aromatic carbocycles. The summed E-state index contributed by atoms with van der Waals surface area (Å²) in [6.45, 7) is 2.95. The Morgan fingerprint density at radius 1 is 1.11 bits per heavy atom. The number of hydrogen-bond donors (Lipinski definition) is 2. The molecule has 0 aliphatic carbocycles. The highest BCUT2D eigenvalue weighted by atomic mass is 35.5. The van der Waals surface area contributed by atoms with Crippen molar-refractivity contribution in [2.75, 3.05) is 23.7 Å². The molecule has 1 saturated heterocycles. The summed E-state index contributed by atoms with van der Waals surface area (Å²) in [6, 6.07) is 12.3. The molecule has 1 aliphatic rings. The van der Waals surface area contributed by atoms with Crippen molar-refractivity contribution in [1.82, 2.24) is 4.90 Å². The van der Waals surface area contributed by atoms with E-state index in [0.29, 0.717) is 28.7 Å². The van der Waals surface area contributed by atoms with E-state index in [4.69, 9.17) is 23.2 Å². The van der Waals surface area contributed by atoms with Crippen LogP contribution < -0.4 is 10.6 Å². The second-order valence-electron chi connectivity index (χ2n) is 6.84. The van der Waals surface area contributed by atoms with E-state index < -0.39 is 0 Å². The summed E-state index contributed by atoms with van der Waals surface area (Å²) in [6.07, 6.45) is 2.51. The van der Waals surface area contributed by atoms with Crippen LogP contribution in [0, 0.1) is 0 Å². The molecule has 0 spiro atoms. The molecule has 1 atom stereocenters. The molecule has 0 radical (unpaired) electrons. The number of likely N-dealkylation sites (tertiary alicyclic amines) is 1. The molecule has 2 amide bonds. The molecule has 2 N–H and O–H groups in total. The second kappa shape index (κ2) is 9.41. The van der Waals surface area contributed by atoms with E-state index in [1.54, 1.807) is 18.2 Å². The van der Waals surface area contributed by atoms with Crippen molar-refractivity contribution in [2.24, 2.45) is 0 Å². The third kappa shape index (κ3) is 5.25. The number of carbonyl (C=O) groups excluding carboxylic acids is 2. The molecule has 148 valence electrons. The molecule has 2 aromatic rings. The first-order valence-corrected chi connectivity index (χ1v) is 10.1. The molecule has 7 heteroatoms. The summed E-state index contributed by atoms with van der Waals surface area (Å²) in [7, 11) is 0. The smallest absolute Gasteiger partial charge is 0.241 e. The minimum atomic E-state index is -0.372. The van der Waals surface area contributed by atoms with Gasteiger partial charge < -0.3 is 10.6 Å². The number of amides is 2. The first kappa shape index (κ1) is 20.6. The maximum Gasteiger partial charge on any atom is 0.241 e. The van der Waals surface area contributed by atoms with Crippen LogP contribution >= 0.6 is 23.2 Å². The number of benzene rings is 2. The average Bonchev–Trinajstić information content (AvgIpc) is 3.13. The van der Waals surface area contributed by atoms with E-state index in [-0.39, 0.29) is 24.4 Å². The van der Waals surface area contributed by atoms with E-state index in [0.717, 1.165) is 18.5 Å². The topological polar surface area (TPSA) is 61.4 Å². The molecule has 5 nitrogen and oxygen atoms in total. The molecule has 3 rings (SSSR count). The number of aryl methyl sites for hydroxylation is 1. The Labute approximate surface area is 175 Å². The first-order valence-electron chi connectivity index (χ1n) is 9.35. The highest BCUT2D eigenvalue weighted by Crippen LogP contribution is 2.27. The quantitative estimate of drug-likeness (QED) is 0.718. The second-order valence-corrected chi connectivity index (χ2v) is 7.68. The lowest BCUT2D eigenvalue weighted by atomic mass is 10.1. The Morgan fingerprint density at radius 3 is 2.57 bits per heavy atom. The number of rotatable bonds is 6. The van der Waals surface area contributed by atoms with Crippen LogP contribution in [0.25, 0.3) is 0 Å². The fourth-order valence-electron chi connectivity index (χ4n) is 3.33.